The molecule has 1 aromatic rings. The highest BCUT2D eigenvalue weighted by molar-refractivity contribution is 5.97. The number of nitrogens with zero attached hydrogens (tertiary/aromatic N) is 2. The number of nitrogens with one attached hydrogen (secondary N) is 1. The third kappa shape index (κ3) is 4.78. The number of hydrogen-bond donors (Lipinski definition) is 1. The number of nitro benzene ring substituents is 1. The van der Waals surface area contributed by atoms with Crippen molar-refractivity contribution in [3.05, 3.63) is 39.9 Å². The van der Waals surface area contributed by atoms with Crippen LogP contribution in [0.3, 0.4) is 0 Å². The zero-order chi connectivity index (χ0) is 17.7. The van der Waals surface area contributed by atoms with Crippen LogP contribution >= 0.6 is 0 Å². The summed E-state index contributed by atoms with van der Waals surface area (Å²) in [6, 6.07) is 4.82. The van der Waals surface area contributed by atoms with Crippen LogP contribution in [0.25, 0.3) is 0 Å². The molecule has 1 unspecified atom stereocenters. The van der Waals surface area contributed by atoms with Crippen molar-refractivity contribution < 1.29 is 14.5 Å². The molecule has 0 aromatic heterocycles. The van der Waals surface area contributed by atoms with Crippen molar-refractivity contribution >= 4 is 17.5 Å². The molecule has 1 saturated carbocycles. The van der Waals surface area contributed by atoms with E-state index >= 15 is 0 Å². The molecule has 1 N–H and O–H groups in total. The van der Waals surface area contributed by atoms with E-state index in [9.17, 15) is 19.7 Å². The van der Waals surface area contributed by atoms with E-state index in [0.717, 1.165) is 25.8 Å². The summed E-state index contributed by atoms with van der Waals surface area (Å²) < 4.78 is 0. The molecule has 0 bridgehead atoms. The number of benzene rings is 1. The molecule has 1 aliphatic rings. The molecular formula is C17H23N3O4. The van der Waals surface area contributed by atoms with Crippen molar-refractivity contribution in [1.82, 2.24) is 10.2 Å². The summed E-state index contributed by atoms with van der Waals surface area (Å²) in [6.45, 7) is 5.07. The second-order valence-corrected chi connectivity index (χ2v) is 6.23. The second-order valence-electron chi connectivity index (χ2n) is 6.23. The number of carbonyl (C=O) groups excluding carboxylic acids is 2. The van der Waals surface area contributed by atoms with Gasteiger partial charge in [0.05, 0.1) is 4.92 Å². The Morgan fingerprint density at radius 3 is 2.71 bits per heavy atom. The van der Waals surface area contributed by atoms with Gasteiger partial charge in [0.2, 0.25) is 5.91 Å². The van der Waals surface area contributed by atoms with Crippen LogP contribution in [0.1, 0.15) is 43.5 Å². The number of non-ortho nitro benzene ring substituents is 1. The molecule has 1 aliphatic carbocycles. The summed E-state index contributed by atoms with van der Waals surface area (Å²) in [5.41, 5.74) is 0.0241. The van der Waals surface area contributed by atoms with E-state index in [1.807, 2.05) is 6.92 Å². The van der Waals surface area contributed by atoms with Crippen LogP contribution in [0.15, 0.2) is 24.3 Å². The lowest BCUT2D eigenvalue weighted by molar-refractivity contribution is -0.384. The number of nitro groups is 1. The molecule has 7 heteroatoms. The molecule has 0 heterocycles. The van der Waals surface area contributed by atoms with Gasteiger partial charge in [-0.3, -0.25) is 19.7 Å². The Bertz CT molecular complexity index is 628. The minimum absolute atomic E-state index is 0.109. The number of amides is 2. The predicted octanol–water partition coefficient (Wildman–Crippen LogP) is 2.36. The maximum absolute atomic E-state index is 12.5. The van der Waals surface area contributed by atoms with Crippen molar-refractivity contribution in [1.29, 1.82) is 0 Å². The van der Waals surface area contributed by atoms with Crippen LogP contribution in [0.4, 0.5) is 5.69 Å². The molecule has 1 aromatic carbocycles. The number of carbonyl (C=O) groups is 2. The topological polar surface area (TPSA) is 92.6 Å². The highest BCUT2D eigenvalue weighted by atomic mass is 16.6. The Morgan fingerprint density at radius 1 is 1.42 bits per heavy atom. The van der Waals surface area contributed by atoms with Crippen LogP contribution < -0.4 is 5.32 Å². The largest absolute Gasteiger partial charge is 0.341 e. The molecule has 0 spiro atoms. The number of rotatable bonds is 8. The van der Waals surface area contributed by atoms with Gasteiger partial charge in [-0.2, -0.15) is 0 Å². The van der Waals surface area contributed by atoms with Crippen LogP contribution in [-0.2, 0) is 4.79 Å². The predicted molar refractivity (Wildman–Crippen MR) is 89.6 cm³/mol. The molecule has 2 amide bonds. The van der Waals surface area contributed by atoms with Gasteiger partial charge in [-0.25, -0.2) is 0 Å². The Morgan fingerprint density at radius 2 is 2.12 bits per heavy atom. The standard InChI is InChI=1S/C17H23N3O4/c1-3-9-19(11-13-7-8-13)17(22)12(2)18-16(21)14-5-4-6-15(10-14)20(23)24/h4-6,10,12-13H,3,7-9,11H2,1-2H3,(H,18,21). The highest BCUT2D eigenvalue weighted by Gasteiger charge is 2.29. The van der Waals surface area contributed by atoms with Crippen LogP contribution in [-0.4, -0.2) is 40.8 Å². The van der Waals surface area contributed by atoms with E-state index in [1.165, 1.54) is 24.3 Å². The Labute approximate surface area is 141 Å². The quantitative estimate of drug-likeness (QED) is 0.584. The van der Waals surface area contributed by atoms with E-state index in [-0.39, 0.29) is 17.2 Å². The molecule has 0 aliphatic heterocycles. The van der Waals surface area contributed by atoms with Crippen molar-refractivity contribution in [3.8, 4) is 0 Å². The summed E-state index contributed by atoms with van der Waals surface area (Å²) in [4.78, 5) is 36.8. The molecule has 24 heavy (non-hydrogen) atoms. The summed E-state index contributed by atoms with van der Waals surface area (Å²) in [7, 11) is 0. The van der Waals surface area contributed by atoms with E-state index in [4.69, 9.17) is 0 Å². The van der Waals surface area contributed by atoms with Gasteiger partial charge in [-0.15, -0.1) is 0 Å². The van der Waals surface area contributed by atoms with E-state index in [2.05, 4.69) is 5.32 Å². The Hall–Kier alpha value is -2.44. The molecule has 1 fully saturated rings. The summed E-state index contributed by atoms with van der Waals surface area (Å²) >= 11 is 0. The van der Waals surface area contributed by atoms with E-state index < -0.39 is 16.9 Å². The third-order valence-corrected chi connectivity index (χ3v) is 4.02. The van der Waals surface area contributed by atoms with Crippen LogP contribution in [0, 0.1) is 16.0 Å². The first-order valence-corrected chi connectivity index (χ1v) is 8.26. The maximum Gasteiger partial charge on any atom is 0.270 e. The smallest absolute Gasteiger partial charge is 0.270 e. The van der Waals surface area contributed by atoms with Crippen molar-refractivity contribution in [2.45, 2.75) is 39.2 Å². The normalized spacial score (nSPS) is 14.8. The summed E-state index contributed by atoms with van der Waals surface area (Å²) in [5.74, 6) is -0.00914. The first-order valence-electron chi connectivity index (χ1n) is 8.26. The van der Waals surface area contributed by atoms with Crippen molar-refractivity contribution in [3.63, 3.8) is 0 Å². The van der Waals surface area contributed by atoms with Crippen LogP contribution in [0.2, 0.25) is 0 Å². The average Bonchev–Trinajstić information content (AvgIpc) is 3.37. The molecule has 2 rings (SSSR count). The van der Waals surface area contributed by atoms with Crippen LogP contribution in [0.5, 0.6) is 0 Å². The lowest BCUT2D eigenvalue weighted by atomic mass is 10.1. The van der Waals surface area contributed by atoms with Crippen molar-refractivity contribution in [2.75, 3.05) is 13.1 Å². The molecule has 0 saturated heterocycles. The van der Waals surface area contributed by atoms with Crippen molar-refractivity contribution in [2.24, 2.45) is 5.92 Å². The zero-order valence-corrected chi connectivity index (χ0v) is 14.0. The monoisotopic (exact) mass is 333 g/mol. The van der Waals surface area contributed by atoms with Gasteiger partial charge in [0.15, 0.2) is 0 Å². The SMILES string of the molecule is CCCN(CC1CC1)C(=O)C(C)NC(=O)c1cccc([N+](=O)[O-])c1. The van der Waals surface area contributed by atoms with Gasteiger partial charge in [0.1, 0.15) is 6.04 Å². The highest BCUT2D eigenvalue weighted by Crippen LogP contribution is 2.29. The van der Waals surface area contributed by atoms with Gasteiger partial charge < -0.3 is 10.2 Å². The van der Waals surface area contributed by atoms with Gasteiger partial charge in [0, 0.05) is 30.8 Å². The zero-order valence-electron chi connectivity index (χ0n) is 14.0. The fraction of sp³-hybridized carbons (Fsp3) is 0.529. The first-order chi connectivity index (χ1) is 11.4. The third-order valence-electron chi connectivity index (χ3n) is 4.02. The molecule has 130 valence electrons. The second kappa shape index (κ2) is 7.90. The molecule has 0 radical (unpaired) electrons. The minimum Gasteiger partial charge on any atom is -0.341 e. The molecular weight excluding hydrogens is 310 g/mol. The molecule has 7 nitrogen and oxygen atoms in total. The van der Waals surface area contributed by atoms with Gasteiger partial charge in [-0.1, -0.05) is 13.0 Å². The van der Waals surface area contributed by atoms with Gasteiger partial charge in [0.25, 0.3) is 11.6 Å². The van der Waals surface area contributed by atoms with Gasteiger partial charge in [-0.05, 0) is 38.2 Å². The van der Waals surface area contributed by atoms with Gasteiger partial charge >= 0.3 is 0 Å². The number of hydrogen-bond acceptors (Lipinski definition) is 4. The molecule has 1 atom stereocenters. The van der Waals surface area contributed by atoms with E-state index in [1.54, 1.807) is 11.8 Å². The minimum atomic E-state index is -0.665. The average molecular weight is 333 g/mol. The fourth-order valence-corrected chi connectivity index (χ4v) is 2.55. The lowest BCUT2D eigenvalue weighted by Crippen LogP contribution is -2.47. The fourth-order valence-electron chi connectivity index (χ4n) is 2.55. The Balaban J connectivity index is 1.99. The maximum atomic E-state index is 12.5. The first kappa shape index (κ1) is 17.9. The van der Waals surface area contributed by atoms with E-state index in [0.29, 0.717) is 12.5 Å². The summed E-state index contributed by atoms with van der Waals surface area (Å²) in [5, 5.41) is 13.4. The Kier molecular flexibility index (Phi) is 5.89. The summed E-state index contributed by atoms with van der Waals surface area (Å²) in [6.07, 6.45) is 3.17. The lowest BCUT2D eigenvalue weighted by Gasteiger charge is -2.26.